The topological polar surface area (TPSA) is 38.7 Å². The Hall–Kier alpha value is -7.23. The second kappa shape index (κ2) is 13.4. The summed E-state index contributed by atoms with van der Waals surface area (Å²) in [7, 11) is 0. The van der Waals surface area contributed by atoms with Crippen molar-refractivity contribution < 1.29 is 0 Å². The highest BCUT2D eigenvalue weighted by atomic mass is 15.0. The first-order valence-electron chi connectivity index (χ1n) is 18.3. The maximum absolute atomic E-state index is 5.13. The van der Waals surface area contributed by atoms with Crippen LogP contribution in [0.2, 0.25) is 0 Å². The fourth-order valence-corrected chi connectivity index (χ4v) is 7.54. The molecule has 0 amide bonds. The van der Waals surface area contributed by atoms with E-state index in [0.717, 1.165) is 33.2 Å². The molecule has 10 rings (SSSR count). The van der Waals surface area contributed by atoms with E-state index in [-0.39, 0.29) is 0 Å². The molecule has 0 aliphatic heterocycles. The molecule has 0 radical (unpaired) electrons. The van der Waals surface area contributed by atoms with Crippen molar-refractivity contribution in [3.63, 3.8) is 0 Å². The van der Waals surface area contributed by atoms with Gasteiger partial charge in [0.15, 0.2) is 17.5 Å². The van der Waals surface area contributed by atoms with Crippen molar-refractivity contribution in [3.05, 3.63) is 200 Å². The Bertz CT molecular complexity index is 2980. The summed E-state index contributed by atoms with van der Waals surface area (Å²) in [5.74, 6) is 1.92. The van der Waals surface area contributed by atoms with E-state index in [2.05, 4.69) is 170 Å². The second-order valence-corrected chi connectivity index (χ2v) is 13.7. The molecule has 0 atom stereocenters. The molecule has 10 aromatic rings. The van der Waals surface area contributed by atoms with Gasteiger partial charge < -0.3 is 0 Å². The van der Waals surface area contributed by atoms with E-state index in [4.69, 9.17) is 15.0 Å². The molecule has 0 aliphatic rings. The van der Waals surface area contributed by atoms with Gasteiger partial charge in [0.2, 0.25) is 0 Å². The Labute approximate surface area is 313 Å². The number of benzene rings is 9. The average molecular weight is 688 g/mol. The molecule has 54 heavy (non-hydrogen) atoms. The van der Waals surface area contributed by atoms with Gasteiger partial charge in [0.25, 0.3) is 0 Å². The fraction of sp³-hybridized carbons (Fsp3) is 0. The molecule has 9 aromatic carbocycles. The van der Waals surface area contributed by atoms with Gasteiger partial charge in [-0.3, -0.25) is 0 Å². The third-order valence-corrected chi connectivity index (χ3v) is 10.3. The van der Waals surface area contributed by atoms with Crippen LogP contribution in [0.3, 0.4) is 0 Å². The Morgan fingerprint density at radius 3 is 1.41 bits per heavy atom. The van der Waals surface area contributed by atoms with Gasteiger partial charge in [-0.25, -0.2) is 15.0 Å². The van der Waals surface area contributed by atoms with Crippen molar-refractivity contribution in [2.75, 3.05) is 0 Å². The normalized spacial score (nSPS) is 11.3. The Kier molecular flexibility index (Phi) is 7.81. The number of nitrogens with zero attached hydrogens (tertiary/aromatic N) is 3. The van der Waals surface area contributed by atoms with Crippen LogP contribution in [0.15, 0.2) is 200 Å². The van der Waals surface area contributed by atoms with E-state index < -0.39 is 0 Å². The van der Waals surface area contributed by atoms with Gasteiger partial charge in [-0.05, 0) is 90.0 Å². The minimum absolute atomic E-state index is 0.637. The lowest BCUT2D eigenvalue weighted by molar-refractivity contribution is 1.07. The molecule has 0 spiro atoms. The Morgan fingerprint density at radius 1 is 0.222 bits per heavy atom. The van der Waals surface area contributed by atoms with Gasteiger partial charge in [-0.15, -0.1) is 0 Å². The molecule has 0 N–H and O–H groups in total. The fourth-order valence-electron chi connectivity index (χ4n) is 7.54. The van der Waals surface area contributed by atoms with Gasteiger partial charge >= 0.3 is 0 Å². The maximum Gasteiger partial charge on any atom is 0.164 e. The summed E-state index contributed by atoms with van der Waals surface area (Å²) in [4.78, 5) is 15.2. The predicted octanol–water partition coefficient (Wildman–Crippen LogP) is 13.3. The van der Waals surface area contributed by atoms with Crippen LogP contribution in [-0.2, 0) is 0 Å². The Balaban J connectivity index is 1.05. The summed E-state index contributed by atoms with van der Waals surface area (Å²) in [6, 6.07) is 70.7. The number of hydrogen-bond donors (Lipinski definition) is 0. The summed E-state index contributed by atoms with van der Waals surface area (Å²) in [6.45, 7) is 0. The third kappa shape index (κ3) is 5.88. The van der Waals surface area contributed by atoms with Gasteiger partial charge in [0.05, 0.1) is 0 Å². The van der Waals surface area contributed by atoms with E-state index in [1.54, 1.807) is 0 Å². The van der Waals surface area contributed by atoms with Crippen molar-refractivity contribution >= 4 is 32.3 Å². The molecule has 3 nitrogen and oxygen atoms in total. The van der Waals surface area contributed by atoms with E-state index in [1.165, 1.54) is 49.2 Å². The van der Waals surface area contributed by atoms with E-state index >= 15 is 0 Å². The minimum atomic E-state index is 0.637. The lowest BCUT2D eigenvalue weighted by Gasteiger charge is -2.12. The lowest BCUT2D eigenvalue weighted by Crippen LogP contribution is -2.00. The zero-order valence-corrected chi connectivity index (χ0v) is 29.4. The maximum atomic E-state index is 5.13. The highest BCUT2D eigenvalue weighted by Gasteiger charge is 2.15. The van der Waals surface area contributed by atoms with Crippen molar-refractivity contribution in [1.82, 2.24) is 15.0 Å². The van der Waals surface area contributed by atoms with Crippen LogP contribution in [0.5, 0.6) is 0 Å². The number of aromatic nitrogens is 3. The summed E-state index contributed by atoms with van der Waals surface area (Å²) < 4.78 is 0. The zero-order chi connectivity index (χ0) is 35.8. The molecular formula is C51H33N3. The van der Waals surface area contributed by atoms with Crippen LogP contribution in [0.4, 0.5) is 0 Å². The minimum Gasteiger partial charge on any atom is -0.208 e. The highest BCUT2D eigenvalue weighted by Crippen LogP contribution is 2.35. The molecule has 0 saturated heterocycles. The summed E-state index contributed by atoms with van der Waals surface area (Å²) in [5, 5.41) is 7.25. The molecule has 0 saturated carbocycles. The van der Waals surface area contributed by atoms with Gasteiger partial charge in [-0.2, -0.15) is 0 Å². The van der Waals surface area contributed by atoms with Crippen molar-refractivity contribution in [2.45, 2.75) is 0 Å². The van der Waals surface area contributed by atoms with Crippen LogP contribution >= 0.6 is 0 Å². The van der Waals surface area contributed by atoms with E-state index in [1.807, 2.05) is 30.3 Å². The molecule has 0 unspecified atom stereocenters. The van der Waals surface area contributed by atoms with Crippen molar-refractivity contribution in [2.24, 2.45) is 0 Å². The van der Waals surface area contributed by atoms with Crippen LogP contribution < -0.4 is 0 Å². The third-order valence-electron chi connectivity index (χ3n) is 10.3. The van der Waals surface area contributed by atoms with E-state index in [0.29, 0.717) is 17.5 Å². The largest absolute Gasteiger partial charge is 0.208 e. The zero-order valence-electron chi connectivity index (χ0n) is 29.4. The summed E-state index contributed by atoms with van der Waals surface area (Å²) in [5.41, 5.74) is 9.90. The van der Waals surface area contributed by atoms with Crippen molar-refractivity contribution in [3.8, 4) is 67.5 Å². The number of hydrogen-bond acceptors (Lipinski definition) is 3. The molecule has 1 aromatic heterocycles. The molecular weight excluding hydrogens is 655 g/mol. The highest BCUT2D eigenvalue weighted by molar-refractivity contribution is 6.00. The first-order valence-corrected chi connectivity index (χ1v) is 18.3. The quantitative estimate of drug-likeness (QED) is 0.175. The van der Waals surface area contributed by atoms with Gasteiger partial charge in [-0.1, -0.05) is 176 Å². The van der Waals surface area contributed by atoms with Crippen LogP contribution in [-0.4, -0.2) is 15.0 Å². The molecule has 252 valence electrons. The molecule has 3 heteroatoms. The van der Waals surface area contributed by atoms with Gasteiger partial charge in [0, 0.05) is 16.7 Å². The predicted molar refractivity (Wildman–Crippen MR) is 225 cm³/mol. The SMILES string of the molecule is c1ccc(-c2nc(-c3cccc(-c4ccc5cc(-c6cccc7ccccc67)ccc5c4)c3)nc(-c3ccc4cccc(-c5ccccc5)c4c3)n2)cc1. The molecule has 1 heterocycles. The smallest absolute Gasteiger partial charge is 0.164 e. The van der Waals surface area contributed by atoms with E-state index in [9.17, 15) is 0 Å². The summed E-state index contributed by atoms with van der Waals surface area (Å²) in [6.07, 6.45) is 0. The van der Waals surface area contributed by atoms with Crippen LogP contribution in [0, 0.1) is 0 Å². The average Bonchev–Trinajstić information content (AvgIpc) is 3.26. The number of rotatable bonds is 6. The standard InChI is InChI=1S/C51H33N3/c1-3-12-34(13-4-1)46-22-11-18-36-24-29-44(33-48(36)46)51-53-49(37-15-5-2-6-16-37)52-50(54-51)43-20-9-19-38(32-43)39-25-26-41-31-42(28-27-40(41)30-39)47-23-10-17-35-14-7-8-21-45(35)47/h1-33H. The first-order chi connectivity index (χ1) is 26.7. The van der Waals surface area contributed by atoms with Crippen LogP contribution in [0.25, 0.3) is 99.9 Å². The summed E-state index contributed by atoms with van der Waals surface area (Å²) >= 11 is 0. The Morgan fingerprint density at radius 2 is 0.667 bits per heavy atom. The molecule has 0 fully saturated rings. The lowest BCUT2D eigenvalue weighted by atomic mass is 9.94. The van der Waals surface area contributed by atoms with Gasteiger partial charge in [0.1, 0.15) is 0 Å². The molecule has 0 aliphatic carbocycles. The monoisotopic (exact) mass is 687 g/mol. The second-order valence-electron chi connectivity index (χ2n) is 13.7. The molecule has 0 bridgehead atoms. The first kappa shape index (κ1) is 31.5. The number of fused-ring (bicyclic) bond motifs is 3. The van der Waals surface area contributed by atoms with Crippen LogP contribution in [0.1, 0.15) is 0 Å². The van der Waals surface area contributed by atoms with Crippen molar-refractivity contribution in [1.29, 1.82) is 0 Å².